The highest BCUT2D eigenvalue weighted by atomic mass is 19.1. The first-order chi connectivity index (χ1) is 12.1. The van der Waals surface area contributed by atoms with Gasteiger partial charge in [-0.05, 0) is 37.7 Å². The minimum atomic E-state index is -0.413. The number of nitrogens with one attached hydrogen (secondary N) is 1. The van der Waals surface area contributed by atoms with Crippen molar-refractivity contribution in [2.24, 2.45) is 0 Å². The zero-order chi connectivity index (χ0) is 17.9. The Hall–Kier alpha value is -2.40. The molecule has 25 heavy (non-hydrogen) atoms. The lowest BCUT2D eigenvalue weighted by Gasteiger charge is -2.16. The van der Waals surface area contributed by atoms with Crippen LogP contribution >= 0.6 is 0 Å². The molecule has 0 aliphatic heterocycles. The Bertz CT molecular complexity index is 649. The number of hydrogen-bond donors (Lipinski definition) is 1. The minimum Gasteiger partial charge on any atom is -0.490 e. The normalized spacial score (nSPS) is 10.7. The lowest BCUT2D eigenvalue weighted by atomic mass is 10.2. The average Bonchev–Trinajstić information content (AvgIpc) is 2.61. The molecule has 0 spiro atoms. The predicted molar refractivity (Wildman–Crippen MR) is 96.9 cm³/mol. The predicted octanol–water partition coefficient (Wildman–Crippen LogP) is 3.23. The van der Waals surface area contributed by atoms with Crippen molar-refractivity contribution in [3.8, 4) is 5.75 Å². The number of carbonyl (C=O) groups excluding carboxylic acids is 1. The SMILES string of the molecule is CN(CCCNC(=O)CCOc1ccccc1F)Cc1ccccc1. The summed E-state index contributed by atoms with van der Waals surface area (Å²) >= 11 is 0. The first kappa shape index (κ1) is 18.9. The fourth-order valence-corrected chi connectivity index (χ4v) is 2.45. The second-order valence-corrected chi connectivity index (χ2v) is 5.96. The molecule has 0 saturated heterocycles. The maximum atomic E-state index is 13.4. The van der Waals surface area contributed by atoms with Gasteiger partial charge >= 0.3 is 0 Å². The number of hydrogen-bond acceptors (Lipinski definition) is 3. The molecular weight excluding hydrogens is 319 g/mol. The smallest absolute Gasteiger partial charge is 0.223 e. The summed E-state index contributed by atoms with van der Waals surface area (Å²) in [5.41, 5.74) is 1.28. The molecule has 0 saturated carbocycles. The van der Waals surface area contributed by atoms with E-state index in [9.17, 15) is 9.18 Å². The number of rotatable bonds is 10. The monoisotopic (exact) mass is 344 g/mol. The fourth-order valence-electron chi connectivity index (χ4n) is 2.45. The summed E-state index contributed by atoms with van der Waals surface area (Å²) in [5, 5.41) is 2.86. The molecule has 5 heteroatoms. The standard InChI is InChI=1S/C20H25FN2O2/c1-23(16-17-8-3-2-4-9-17)14-7-13-22-20(24)12-15-25-19-11-6-5-10-18(19)21/h2-6,8-11H,7,12-16H2,1H3,(H,22,24). The van der Waals surface area contributed by atoms with Gasteiger partial charge in [-0.1, -0.05) is 42.5 Å². The van der Waals surface area contributed by atoms with E-state index in [4.69, 9.17) is 4.74 Å². The van der Waals surface area contributed by atoms with E-state index >= 15 is 0 Å². The van der Waals surface area contributed by atoms with E-state index in [1.165, 1.54) is 11.6 Å². The van der Waals surface area contributed by atoms with Gasteiger partial charge in [0, 0.05) is 13.1 Å². The second kappa shape index (κ2) is 10.5. The van der Waals surface area contributed by atoms with Crippen molar-refractivity contribution in [3.63, 3.8) is 0 Å². The number of para-hydroxylation sites is 1. The third-order valence-corrected chi connectivity index (χ3v) is 3.76. The molecule has 0 bridgehead atoms. The number of amides is 1. The van der Waals surface area contributed by atoms with Gasteiger partial charge in [-0.2, -0.15) is 0 Å². The molecule has 0 heterocycles. The topological polar surface area (TPSA) is 41.6 Å². The quantitative estimate of drug-likeness (QED) is 0.673. The molecule has 4 nitrogen and oxygen atoms in total. The largest absolute Gasteiger partial charge is 0.490 e. The van der Waals surface area contributed by atoms with Crippen LogP contribution in [0.15, 0.2) is 54.6 Å². The van der Waals surface area contributed by atoms with Gasteiger partial charge in [0.2, 0.25) is 5.91 Å². The summed E-state index contributed by atoms with van der Waals surface area (Å²) in [6, 6.07) is 16.5. The van der Waals surface area contributed by atoms with Crippen molar-refractivity contribution < 1.29 is 13.9 Å². The molecule has 134 valence electrons. The van der Waals surface area contributed by atoms with Crippen LogP contribution in [0.4, 0.5) is 4.39 Å². The Balaban J connectivity index is 1.54. The molecule has 2 rings (SSSR count). The first-order valence-electron chi connectivity index (χ1n) is 8.51. The lowest BCUT2D eigenvalue weighted by Crippen LogP contribution is -2.29. The third kappa shape index (κ3) is 7.35. The maximum Gasteiger partial charge on any atom is 0.223 e. The van der Waals surface area contributed by atoms with E-state index < -0.39 is 5.82 Å². The molecule has 0 fully saturated rings. The number of carbonyl (C=O) groups is 1. The van der Waals surface area contributed by atoms with Crippen LogP contribution in [0.25, 0.3) is 0 Å². The van der Waals surface area contributed by atoms with E-state index in [0.29, 0.717) is 6.54 Å². The van der Waals surface area contributed by atoms with Gasteiger partial charge in [-0.15, -0.1) is 0 Å². The highest BCUT2D eigenvalue weighted by Gasteiger charge is 2.05. The molecule has 2 aromatic rings. The van der Waals surface area contributed by atoms with Gasteiger partial charge in [-0.25, -0.2) is 4.39 Å². The number of nitrogens with zero attached hydrogens (tertiary/aromatic N) is 1. The minimum absolute atomic E-state index is 0.0814. The highest BCUT2D eigenvalue weighted by Crippen LogP contribution is 2.15. The van der Waals surface area contributed by atoms with Crippen LogP contribution in [0.2, 0.25) is 0 Å². The van der Waals surface area contributed by atoms with Crippen molar-refractivity contribution in [1.29, 1.82) is 0 Å². The number of halogens is 1. The van der Waals surface area contributed by atoms with Crippen LogP contribution < -0.4 is 10.1 Å². The van der Waals surface area contributed by atoms with E-state index in [1.807, 2.05) is 18.2 Å². The highest BCUT2D eigenvalue weighted by molar-refractivity contribution is 5.75. The van der Waals surface area contributed by atoms with Crippen molar-refractivity contribution >= 4 is 5.91 Å². The van der Waals surface area contributed by atoms with Gasteiger partial charge in [0.05, 0.1) is 13.0 Å². The van der Waals surface area contributed by atoms with Crippen molar-refractivity contribution in [2.45, 2.75) is 19.4 Å². The van der Waals surface area contributed by atoms with Crippen LogP contribution in [0.5, 0.6) is 5.75 Å². The number of benzene rings is 2. The summed E-state index contributed by atoms with van der Waals surface area (Å²) in [6.45, 7) is 2.59. The Morgan fingerprint density at radius 1 is 1.12 bits per heavy atom. The van der Waals surface area contributed by atoms with Gasteiger partial charge < -0.3 is 15.0 Å². The second-order valence-electron chi connectivity index (χ2n) is 5.96. The molecule has 0 atom stereocenters. The average molecular weight is 344 g/mol. The Morgan fingerprint density at radius 3 is 2.60 bits per heavy atom. The first-order valence-corrected chi connectivity index (χ1v) is 8.51. The Kier molecular flexibility index (Phi) is 7.92. The van der Waals surface area contributed by atoms with Crippen LogP contribution in [0, 0.1) is 5.82 Å². The van der Waals surface area contributed by atoms with Gasteiger partial charge in [0.1, 0.15) is 0 Å². The zero-order valence-electron chi connectivity index (χ0n) is 14.6. The molecule has 0 aromatic heterocycles. The zero-order valence-corrected chi connectivity index (χ0v) is 14.6. The van der Waals surface area contributed by atoms with E-state index in [2.05, 4.69) is 29.4 Å². The molecule has 0 radical (unpaired) electrons. The lowest BCUT2D eigenvalue weighted by molar-refractivity contribution is -0.121. The molecule has 2 aromatic carbocycles. The molecule has 0 aliphatic rings. The third-order valence-electron chi connectivity index (χ3n) is 3.76. The molecule has 1 N–H and O–H groups in total. The van der Waals surface area contributed by atoms with Crippen LogP contribution in [-0.2, 0) is 11.3 Å². The fraction of sp³-hybridized carbons (Fsp3) is 0.350. The molecule has 0 unspecified atom stereocenters. The van der Waals surface area contributed by atoms with Crippen LogP contribution in [0.3, 0.4) is 0 Å². The van der Waals surface area contributed by atoms with Gasteiger partial charge in [-0.3, -0.25) is 4.79 Å². The van der Waals surface area contributed by atoms with Gasteiger partial charge in [0.15, 0.2) is 11.6 Å². The Labute approximate surface area is 148 Å². The maximum absolute atomic E-state index is 13.4. The van der Waals surface area contributed by atoms with E-state index in [1.54, 1.807) is 18.2 Å². The van der Waals surface area contributed by atoms with Crippen molar-refractivity contribution in [3.05, 3.63) is 66.0 Å². The summed E-state index contributed by atoms with van der Waals surface area (Å²) in [5.74, 6) is -0.316. The van der Waals surface area contributed by atoms with Crippen molar-refractivity contribution in [2.75, 3.05) is 26.7 Å². The van der Waals surface area contributed by atoms with Crippen LogP contribution in [-0.4, -0.2) is 37.6 Å². The number of ether oxygens (including phenoxy) is 1. The van der Waals surface area contributed by atoms with Crippen molar-refractivity contribution in [1.82, 2.24) is 10.2 Å². The summed E-state index contributed by atoms with van der Waals surface area (Å²) in [6.07, 6.45) is 1.09. The molecular formula is C20H25FN2O2. The van der Waals surface area contributed by atoms with Gasteiger partial charge in [0.25, 0.3) is 0 Å². The van der Waals surface area contributed by atoms with Crippen LogP contribution in [0.1, 0.15) is 18.4 Å². The summed E-state index contributed by atoms with van der Waals surface area (Å²) in [7, 11) is 2.07. The Morgan fingerprint density at radius 2 is 1.84 bits per heavy atom. The summed E-state index contributed by atoms with van der Waals surface area (Å²) < 4.78 is 18.6. The molecule has 1 amide bonds. The van der Waals surface area contributed by atoms with E-state index in [0.717, 1.165) is 19.5 Å². The summed E-state index contributed by atoms with van der Waals surface area (Å²) in [4.78, 5) is 14.0. The molecule has 0 aliphatic carbocycles. The van der Waals surface area contributed by atoms with E-state index in [-0.39, 0.29) is 24.7 Å².